The summed E-state index contributed by atoms with van der Waals surface area (Å²) < 4.78 is 19.2. The van der Waals surface area contributed by atoms with Crippen LogP contribution in [0.5, 0.6) is 0 Å². The van der Waals surface area contributed by atoms with Crippen molar-refractivity contribution in [3.63, 3.8) is 0 Å². The Bertz CT molecular complexity index is 707. The largest absolute Gasteiger partial charge is 0.394 e. The minimum atomic E-state index is -0.469. The molecule has 6 heteroatoms. The van der Waals surface area contributed by atoms with Crippen LogP contribution in [0.25, 0.3) is 10.9 Å². The van der Waals surface area contributed by atoms with Gasteiger partial charge >= 0.3 is 0 Å². The monoisotopic (exact) mass is 304 g/mol. The number of aliphatic hydroxyl groups excluding tert-OH is 1. The third-order valence-corrected chi connectivity index (χ3v) is 3.87. The number of morpholine rings is 1. The molecule has 116 valence electrons. The van der Waals surface area contributed by atoms with Crippen molar-refractivity contribution >= 4 is 16.8 Å². The van der Waals surface area contributed by atoms with Crippen molar-refractivity contribution in [3.05, 3.63) is 41.8 Å². The second-order valence-corrected chi connectivity index (χ2v) is 5.47. The lowest BCUT2D eigenvalue weighted by Gasteiger charge is -2.37. The zero-order valence-electron chi connectivity index (χ0n) is 12.2. The number of rotatable bonds is 2. The molecule has 0 aliphatic carbocycles. The molecule has 0 spiro atoms. The molecule has 2 atom stereocenters. The van der Waals surface area contributed by atoms with Crippen LogP contribution in [0.4, 0.5) is 4.39 Å². The maximum Gasteiger partial charge on any atom is 0.256 e. The van der Waals surface area contributed by atoms with Crippen LogP contribution < -0.4 is 0 Å². The van der Waals surface area contributed by atoms with Gasteiger partial charge in [-0.2, -0.15) is 0 Å². The summed E-state index contributed by atoms with van der Waals surface area (Å²) in [7, 11) is 0. The number of carbonyl (C=O) groups excluding carboxylic acids is 1. The van der Waals surface area contributed by atoms with E-state index in [1.54, 1.807) is 23.2 Å². The number of benzene rings is 1. The number of ether oxygens (including phenoxy) is 1. The highest BCUT2D eigenvalue weighted by Crippen LogP contribution is 2.22. The highest BCUT2D eigenvalue weighted by atomic mass is 19.1. The van der Waals surface area contributed by atoms with Gasteiger partial charge in [0.25, 0.3) is 5.91 Å². The standard InChI is InChI=1S/C16H17FN2O3/c1-10-9-22-13(8-20)7-19(10)16(21)14-6-12(17)5-11-3-2-4-18-15(11)14/h2-6,10,13,20H,7-9H2,1H3. The highest BCUT2D eigenvalue weighted by Gasteiger charge is 2.31. The third kappa shape index (κ3) is 2.67. The normalized spacial score (nSPS) is 22.0. The Kier molecular flexibility index (Phi) is 4.04. The van der Waals surface area contributed by atoms with Crippen LogP contribution in [0.2, 0.25) is 0 Å². The second kappa shape index (κ2) is 5.98. The molecule has 0 saturated carbocycles. The summed E-state index contributed by atoms with van der Waals surface area (Å²) >= 11 is 0. The van der Waals surface area contributed by atoms with E-state index in [1.807, 2.05) is 6.92 Å². The summed E-state index contributed by atoms with van der Waals surface area (Å²) in [6.45, 7) is 2.33. The van der Waals surface area contributed by atoms with Crippen LogP contribution in [-0.2, 0) is 4.74 Å². The van der Waals surface area contributed by atoms with Crippen molar-refractivity contribution in [2.24, 2.45) is 0 Å². The molecule has 1 fully saturated rings. The average Bonchev–Trinajstić information content (AvgIpc) is 2.54. The first kappa shape index (κ1) is 14.9. The lowest BCUT2D eigenvalue weighted by Crippen LogP contribution is -2.52. The van der Waals surface area contributed by atoms with Gasteiger partial charge in [-0.3, -0.25) is 9.78 Å². The van der Waals surface area contributed by atoms with Gasteiger partial charge in [0.2, 0.25) is 0 Å². The van der Waals surface area contributed by atoms with Crippen LogP contribution in [0, 0.1) is 5.82 Å². The predicted octanol–water partition coefficient (Wildman–Crippen LogP) is 1.60. The Morgan fingerprint density at radius 1 is 1.55 bits per heavy atom. The predicted molar refractivity (Wildman–Crippen MR) is 79.0 cm³/mol. The molecule has 1 aromatic carbocycles. The number of halogens is 1. The zero-order valence-corrected chi connectivity index (χ0v) is 12.2. The summed E-state index contributed by atoms with van der Waals surface area (Å²) in [6.07, 6.45) is 1.17. The van der Waals surface area contributed by atoms with Crippen LogP contribution in [-0.4, -0.2) is 52.8 Å². The van der Waals surface area contributed by atoms with Crippen molar-refractivity contribution in [2.45, 2.75) is 19.1 Å². The highest BCUT2D eigenvalue weighted by molar-refractivity contribution is 6.05. The van der Waals surface area contributed by atoms with Gasteiger partial charge < -0.3 is 14.7 Å². The number of aliphatic hydroxyl groups is 1. The molecule has 2 aromatic rings. The summed E-state index contributed by atoms with van der Waals surface area (Å²) in [5.74, 6) is -0.763. The zero-order chi connectivity index (χ0) is 15.7. The van der Waals surface area contributed by atoms with E-state index in [4.69, 9.17) is 4.74 Å². The molecule has 0 radical (unpaired) electrons. The molecule has 3 rings (SSSR count). The Morgan fingerprint density at radius 2 is 2.36 bits per heavy atom. The van der Waals surface area contributed by atoms with Crippen molar-refractivity contribution in [2.75, 3.05) is 19.8 Å². The number of nitrogens with zero attached hydrogens (tertiary/aromatic N) is 2. The van der Waals surface area contributed by atoms with E-state index < -0.39 is 11.9 Å². The van der Waals surface area contributed by atoms with Gasteiger partial charge in [-0.1, -0.05) is 6.07 Å². The minimum Gasteiger partial charge on any atom is -0.394 e. The van der Waals surface area contributed by atoms with Gasteiger partial charge in [-0.15, -0.1) is 0 Å². The number of fused-ring (bicyclic) bond motifs is 1. The smallest absolute Gasteiger partial charge is 0.256 e. The molecule has 0 bridgehead atoms. The van der Waals surface area contributed by atoms with Crippen molar-refractivity contribution in [3.8, 4) is 0 Å². The van der Waals surface area contributed by atoms with E-state index in [-0.39, 0.29) is 30.7 Å². The number of amides is 1. The minimum absolute atomic E-state index is 0.141. The summed E-state index contributed by atoms with van der Waals surface area (Å²) in [5.41, 5.74) is 0.717. The van der Waals surface area contributed by atoms with Crippen molar-refractivity contribution < 1.29 is 19.0 Å². The maximum absolute atomic E-state index is 13.8. The molecule has 2 heterocycles. The van der Waals surface area contributed by atoms with Crippen LogP contribution >= 0.6 is 0 Å². The number of hydrogen-bond acceptors (Lipinski definition) is 4. The van der Waals surface area contributed by atoms with Crippen LogP contribution in [0.3, 0.4) is 0 Å². The van der Waals surface area contributed by atoms with E-state index in [9.17, 15) is 14.3 Å². The molecule has 2 unspecified atom stereocenters. The van der Waals surface area contributed by atoms with Crippen molar-refractivity contribution in [1.29, 1.82) is 0 Å². The van der Waals surface area contributed by atoms with Gasteiger partial charge in [-0.25, -0.2) is 4.39 Å². The molecule has 1 aromatic heterocycles. The molecule has 1 aliphatic rings. The lowest BCUT2D eigenvalue weighted by molar-refractivity contribution is -0.0667. The average molecular weight is 304 g/mol. The fourth-order valence-electron chi connectivity index (χ4n) is 2.68. The number of pyridine rings is 1. The first-order valence-corrected chi connectivity index (χ1v) is 7.18. The van der Waals surface area contributed by atoms with Crippen LogP contribution in [0.15, 0.2) is 30.5 Å². The molecular weight excluding hydrogens is 287 g/mol. The molecule has 1 saturated heterocycles. The van der Waals surface area contributed by atoms with E-state index in [0.717, 1.165) is 0 Å². The SMILES string of the molecule is CC1COC(CO)CN1C(=O)c1cc(F)cc2cccnc12. The molecule has 1 N–H and O–H groups in total. The van der Waals surface area contributed by atoms with Gasteiger partial charge in [0.05, 0.1) is 36.4 Å². The van der Waals surface area contributed by atoms with Crippen LogP contribution in [0.1, 0.15) is 17.3 Å². The fourth-order valence-corrected chi connectivity index (χ4v) is 2.68. The first-order chi connectivity index (χ1) is 10.6. The van der Waals surface area contributed by atoms with E-state index in [1.165, 1.54) is 12.1 Å². The second-order valence-electron chi connectivity index (χ2n) is 5.47. The molecule has 5 nitrogen and oxygen atoms in total. The van der Waals surface area contributed by atoms with Gasteiger partial charge in [0.15, 0.2) is 0 Å². The Morgan fingerprint density at radius 3 is 3.14 bits per heavy atom. The lowest BCUT2D eigenvalue weighted by atomic mass is 10.1. The van der Waals surface area contributed by atoms with E-state index in [0.29, 0.717) is 17.5 Å². The maximum atomic E-state index is 13.8. The Balaban J connectivity index is 2.01. The topological polar surface area (TPSA) is 62.7 Å². The number of hydrogen-bond donors (Lipinski definition) is 1. The van der Waals surface area contributed by atoms with Gasteiger partial charge in [0.1, 0.15) is 5.82 Å². The first-order valence-electron chi connectivity index (χ1n) is 7.18. The van der Waals surface area contributed by atoms with Crippen molar-refractivity contribution in [1.82, 2.24) is 9.88 Å². The number of carbonyl (C=O) groups is 1. The Hall–Kier alpha value is -2.05. The Labute approximate surface area is 127 Å². The van der Waals surface area contributed by atoms with Gasteiger partial charge in [-0.05, 0) is 25.1 Å². The van der Waals surface area contributed by atoms with E-state index in [2.05, 4.69) is 4.98 Å². The third-order valence-electron chi connectivity index (χ3n) is 3.87. The fraction of sp³-hybridized carbons (Fsp3) is 0.375. The molecule has 1 amide bonds. The molecular formula is C16H17FN2O3. The number of aromatic nitrogens is 1. The summed E-state index contributed by atoms with van der Waals surface area (Å²) in [5, 5.41) is 9.82. The molecule has 1 aliphatic heterocycles. The van der Waals surface area contributed by atoms with Gasteiger partial charge in [0, 0.05) is 18.1 Å². The summed E-state index contributed by atoms with van der Waals surface area (Å²) in [4.78, 5) is 18.6. The molecule has 22 heavy (non-hydrogen) atoms. The quantitative estimate of drug-likeness (QED) is 0.915. The summed E-state index contributed by atoms with van der Waals surface area (Å²) in [6, 6.07) is 5.86. The van der Waals surface area contributed by atoms with E-state index >= 15 is 0 Å².